The van der Waals surface area contributed by atoms with Crippen molar-refractivity contribution in [2.45, 2.75) is 0 Å². The molecule has 1 fully saturated rings. The zero-order chi connectivity index (χ0) is 18.7. The number of piperazine rings is 1. The van der Waals surface area contributed by atoms with Crippen LogP contribution in [0.1, 0.15) is 20.7 Å². The maximum Gasteiger partial charge on any atom is 0.254 e. The molecule has 0 spiro atoms. The molecule has 0 radical (unpaired) electrons. The van der Waals surface area contributed by atoms with Crippen LogP contribution in [0, 0.1) is 11.6 Å². The van der Waals surface area contributed by atoms with Gasteiger partial charge in [0, 0.05) is 37.3 Å². The number of carbonyl (C=O) groups is 2. The van der Waals surface area contributed by atoms with E-state index in [1.165, 1.54) is 11.0 Å². The van der Waals surface area contributed by atoms with Crippen molar-refractivity contribution < 1.29 is 23.1 Å². The highest BCUT2D eigenvalue weighted by molar-refractivity contribution is 5.96. The van der Waals surface area contributed by atoms with Crippen LogP contribution in [-0.4, -0.2) is 54.9 Å². The van der Waals surface area contributed by atoms with Gasteiger partial charge in [-0.1, -0.05) is 0 Å². The van der Waals surface area contributed by atoms with Crippen molar-refractivity contribution in [1.29, 1.82) is 0 Å². The summed E-state index contributed by atoms with van der Waals surface area (Å²) in [5.74, 6) is -1.86. The Labute approximate surface area is 149 Å². The molecular formula is C19H18F2N2O3. The van der Waals surface area contributed by atoms with Crippen LogP contribution in [0.5, 0.6) is 5.75 Å². The molecule has 136 valence electrons. The van der Waals surface area contributed by atoms with Crippen LogP contribution < -0.4 is 4.74 Å². The highest BCUT2D eigenvalue weighted by Crippen LogP contribution is 2.16. The Balaban J connectivity index is 1.61. The van der Waals surface area contributed by atoms with Crippen molar-refractivity contribution in [3.05, 3.63) is 65.2 Å². The minimum atomic E-state index is -1.05. The lowest BCUT2D eigenvalue weighted by atomic mass is 10.1. The maximum absolute atomic E-state index is 13.3. The molecule has 0 aromatic heterocycles. The van der Waals surface area contributed by atoms with Gasteiger partial charge in [-0.3, -0.25) is 9.59 Å². The Morgan fingerprint density at radius 2 is 1.31 bits per heavy atom. The summed E-state index contributed by atoms with van der Waals surface area (Å²) >= 11 is 0. The topological polar surface area (TPSA) is 49.9 Å². The van der Waals surface area contributed by atoms with Crippen LogP contribution in [0.3, 0.4) is 0 Å². The van der Waals surface area contributed by atoms with Gasteiger partial charge in [0.15, 0.2) is 11.6 Å². The molecule has 26 heavy (non-hydrogen) atoms. The van der Waals surface area contributed by atoms with Crippen molar-refractivity contribution >= 4 is 11.8 Å². The molecule has 2 aromatic carbocycles. The standard InChI is InChI=1S/C19H18F2N2O3/c1-26-15-5-2-13(3-6-15)18(24)22-8-10-23(11-9-22)19(25)14-4-7-16(20)17(21)12-14/h2-7,12H,8-11H2,1H3. The highest BCUT2D eigenvalue weighted by Gasteiger charge is 2.26. The summed E-state index contributed by atoms with van der Waals surface area (Å²) in [5, 5.41) is 0. The lowest BCUT2D eigenvalue weighted by Gasteiger charge is -2.35. The molecule has 1 heterocycles. The Hall–Kier alpha value is -2.96. The number of halogens is 2. The van der Waals surface area contributed by atoms with E-state index in [4.69, 9.17) is 4.74 Å². The average molecular weight is 360 g/mol. The smallest absolute Gasteiger partial charge is 0.254 e. The number of hydrogen-bond donors (Lipinski definition) is 0. The summed E-state index contributed by atoms with van der Waals surface area (Å²) in [5.41, 5.74) is 0.644. The van der Waals surface area contributed by atoms with E-state index in [9.17, 15) is 18.4 Å². The van der Waals surface area contributed by atoms with E-state index in [1.54, 1.807) is 36.3 Å². The van der Waals surface area contributed by atoms with Crippen LogP contribution in [0.4, 0.5) is 8.78 Å². The highest BCUT2D eigenvalue weighted by atomic mass is 19.2. The van der Waals surface area contributed by atoms with Crippen LogP contribution in [0.2, 0.25) is 0 Å². The van der Waals surface area contributed by atoms with Crippen molar-refractivity contribution in [2.24, 2.45) is 0 Å². The van der Waals surface area contributed by atoms with Gasteiger partial charge in [-0.25, -0.2) is 8.78 Å². The van der Waals surface area contributed by atoms with Crippen molar-refractivity contribution in [3.8, 4) is 5.75 Å². The lowest BCUT2D eigenvalue weighted by molar-refractivity contribution is 0.0535. The van der Waals surface area contributed by atoms with Crippen LogP contribution in [-0.2, 0) is 0 Å². The van der Waals surface area contributed by atoms with Gasteiger partial charge in [0.05, 0.1) is 7.11 Å². The van der Waals surface area contributed by atoms with E-state index >= 15 is 0 Å². The SMILES string of the molecule is COc1ccc(C(=O)N2CCN(C(=O)c3ccc(F)c(F)c3)CC2)cc1. The molecule has 0 aliphatic carbocycles. The van der Waals surface area contributed by atoms with Gasteiger partial charge >= 0.3 is 0 Å². The second-order valence-electron chi connectivity index (χ2n) is 5.94. The minimum Gasteiger partial charge on any atom is -0.497 e. The monoisotopic (exact) mass is 360 g/mol. The van der Waals surface area contributed by atoms with Crippen molar-refractivity contribution in [3.63, 3.8) is 0 Å². The Morgan fingerprint density at radius 1 is 0.808 bits per heavy atom. The molecule has 7 heteroatoms. The van der Waals surface area contributed by atoms with Crippen LogP contribution in [0.25, 0.3) is 0 Å². The van der Waals surface area contributed by atoms with Crippen molar-refractivity contribution in [1.82, 2.24) is 9.80 Å². The summed E-state index contributed by atoms with van der Waals surface area (Å²) in [7, 11) is 1.56. The first-order valence-electron chi connectivity index (χ1n) is 8.17. The van der Waals surface area contributed by atoms with Gasteiger partial charge in [-0.15, -0.1) is 0 Å². The molecule has 3 rings (SSSR count). The molecule has 1 saturated heterocycles. The molecule has 1 aliphatic rings. The molecule has 0 N–H and O–H groups in total. The van der Waals surface area contributed by atoms with Gasteiger partial charge in [-0.05, 0) is 42.5 Å². The van der Waals surface area contributed by atoms with Crippen LogP contribution in [0.15, 0.2) is 42.5 Å². The molecule has 0 bridgehead atoms. The first kappa shape index (κ1) is 17.8. The fourth-order valence-corrected chi connectivity index (χ4v) is 2.84. The van der Waals surface area contributed by atoms with E-state index < -0.39 is 11.6 Å². The predicted octanol–water partition coefficient (Wildman–Crippen LogP) is 2.57. The van der Waals surface area contributed by atoms with Gasteiger partial charge in [0.25, 0.3) is 11.8 Å². The van der Waals surface area contributed by atoms with Gasteiger partial charge in [0.1, 0.15) is 5.75 Å². The fourth-order valence-electron chi connectivity index (χ4n) is 2.84. The van der Waals surface area contributed by atoms with E-state index in [0.717, 1.165) is 12.1 Å². The fraction of sp³-hybridized carbons (Fsp3) is 0.263. The number of nitrogens with zero attached hydrogens (tertiary/aromatic N) is 2. The number of amides is 2. The minimum absolute atomic E-state index is 0.0961. The van der Waals surface area contributed by atoms with Gasteiger partial charge < -0.3 is 14.5 Å². The number of methoxy groups -OCH3 is 1. The average Bonchev–Trinajstić information content (AvgIpc) is 2.69. The van der Waals surface area contributed by atoms with E-state index in [1.807, 2.05) is 0 Å². The quantitative estimate of drug-likeness (QED) is 0.845. The molecular weight excluding hydrogens is 342 g/mol. The zero-order valence-corrected chi connectivity index (χ0v) is 14.2. The summed E-state index contributed by atoms with van der Waals surface area (Å²) in [6.45, 7) is 1.42. The number of rotatable bonds is 3. The Morgan fingerprint density at radius 3 is 1.81 bits per heavy atom. The third-order valence-corrected chi connectivity index (χ3v) is 4.36. The molecule has 5 nitrogen and oxygen atoms in total. The van der Waals surface area contributed by atoms with E-state index in [0.29, 0.717) is 37.5 Å². The van der Waals surface area contributed by atoms with Crippen molar-refractivity contribution in [2.75, 3.05) is 33.3 Å². The second kappa shape index (κ2) is 7.51. The first-order valence-corrected chi connectivity index (χ1v) is 8.17. The largest absolute Gasteiger partial charge is 0.497 e. The molecule has 0 atom stereocenters. The summed E-state index contributed by atoms with van der Waals surface area (Å²) in [6.07, 6.45) is 0. The molecule has 2 amide bonds. The second-order valence-corrected chi connectivity index (χ2v) is 5.94. The Bertz CT molecular complexity index is 816. The lowest BCUT2D eigenvalue weighted by Crippen LogP contribution is -2.50. The molecule has 2 aromatic rings. The first-order chi connectivity index (χ1) is 12.5. The van der Waals surface area contributed by atoms with Crippen LogP contribution >= 0.6 is 0 Å². The third-order valence-electron chi connectivity index (χ3n) is 4.36. The molecule has 0 saturated carbocycles. The molecule has 1 aliphatic heterocycles. The number of carbonyl (C=O) groups excluding carboxylic acids is 2. The summed E-state index contributed by atoms with van der Waals surface area (Å²) < 4.78 is 31.4. The van der Waals surface area contributed by atoms with Gasteiger partial charge in [-0.2, -0.15) is 0 Å². The predicted molar refractivity (Wildman–Crippen MR) is 91.2 cm³/mol. The van der Waals surface area contributed by atoms with E-state index in [-0.39, 0.29) is 17.4 Å². The number of benzene rings is 2. The zero-order valence-electron chi connectivity index (χ0n) is 14.2. The third kappa shape index (κ3) is 3.66. The normalized spacial score (nSPS) is 14.3. The Kier molecular flexibility index (Phi) is 5.16. The maximum atomic E-state index is 13.3. The molecule has 0 unspecified atom stereocenters. The number of hydrogen-bond acceptors (Lipinski definition) is 3. The summed E-state index contributed by atoms with van der Waals surface area (Å²) in [4.78, 5) is 28.1. The number of ether oxygens (including phenoxy) is 1. The summed E-state index contributed by atoms with van der Waals surface area (Å²) in [6, 6.07) is 9.92. The van der Waals surface area contributed by atoms with E-state index in [2.05, 4.69) is 0 Å². The van der Waals surface area contributed by atoms with Gasteiger partial charge in [0.2, 0.25) is 0 Å².